The van der Waals surface area contributed by atoms with Crippen LogP contribution >= 0.6 is 0 Å². The van der Waals surface area contributed by atoms with Gasteiger partial charge in [0.05, 0.1) is 6.54 Å². The number of carbonyl (C=O) groups is 2. The van der Waals surface area contributed by atoms with Crippen molar-refractivity contribution < 1.29 is 14.7 Å². The number of benzene rings is 1. The molecule has 1 atom stereocenters. The number of rotatable bonds is 4. The summed E-state index contributed by atoms with van der Waals surface area (Å²) in [5.74, 6) is -0.634. The fraction of sp³-hybridized carbons (Fsp3) is 0.429. The molecule has 0 aromatic heterocycles. The average Bonchev–Trinajstić information content (AvgIpc) is 2.98. The number of likely N-dealkylation sites (tertiary alicyclic amines) is 1. The molecule has 1 aliphatic rings. The fourth-order valence-electron chi connectivity index (χ4n) is 2.12. The summed E-state index contributed by atoms with van der Waals surface area (Å²) in [6.07, 6.45) is 0.811. The van der Waals surface area contributed by atoms with Gasteiger partial charge in [0.2, 0.25) is 5.91 Å². The van der Waals surface area contributed by atoms with Crippen molar-refractivity contribution in [1.82, 2.24) is 10.2 Å². The van der Waals surface area contributed by atoms with E-state index in [0.29, 0.717) is 5.56 Å². The zero-order valence-electron chi connectivity index (χ0n) is 10.7. The van der Waals surface area contributed by atoms with Crippen LogP contribution in [-0.2, 0) is 9.59 Å². The molecule has 0 saturated carbocycles. The lowest BCUT2D eigenvalue weighted by Crippen LogP contribution is -2.40. The molecule has 0 aliphatic carbocycles. The van der Waals surface area contributed by atoms with Gasteiger partial charge in [0.15, 0.2) is 6.10 Å². The van der Waals surface area contributed by atoms with Crippen molar-refractivity contribution in [2.45, 2.75) is 18.9 Å². The van der Waals surface area contributed by atoms with Gasteiger partial charge in [-0.15, -0.1) is 0 Å². The summed E-state index contributed by atoms with van der Waals surface area (Å²) in [7, 11) is 0. The molecule has 1 unspecified atom stereocenters. The third kappa shape index (κ3) is 3.54. The molecule has 0 radical (unpaired) electrons. The lowest BCUT2D eigenvalue weighted by molar-refractivity contribution is -0.135. The first-order chi connectivity index (χ1) is 9.18. The van der Waals surface area contributed by atoms with E-state index in [-0.39, 0.29) is 12.5 Å². The zero-order valence-corrected chi connectivity index (χ0v) is 10.7. The van der Waals surface area contributed by atoms with E-state index in [1.807, 2.05) is 6.07 Å². The van der Waals surface area contributed by atoms with Crippen LogP contribution in [0.25, 0.3) is 0 Å². The van der Waals surface area contributed by atoms with Gasteiger partial charge >= 0.3 is 0 Å². The highest BCUT2D eigenvalue weighted by molar-refractivity contribution is 5.87. The molecule has 1 fully saturated rings. The lowest BCUT2D eigenvalue weighted by atomic mass is 10.1. The molecule has 0 bridgehead atoms. The topological polar surface area (TPSA) is 69.6 Å². The highest BCUT2D eigenvalue weighted by atomic mass is 16.3. The van der Waals surface area contributed by atoms with Crippen molar-refractivity contribution in [2.24, 2.45) is 0 Å². The Bertz CT molecular complexity index is 441. The van der Waals surface area contributed by atoms with Crippen molar-refractivity contribution in [3.8, 4) is 0 Å². The summed E-state index contributed by atoms with van der Waals surface area (Å²) in [5, 5.41) is 12.3. The van der Waals surface area contributed by atoms with Crippen LogP contribution in [0.5, 0.6) is 0 Å². The van der Waals surface area contributed by atoms with Crippen molar-refractivity contribution in [3.05, 3.63) is 35.9 Å². The van der Waals surface area contributed by atoms with Crippen LogP contribution in [0.2, 0.25) is 0 Å². The Balaban J connectivity index is 1.82. The third-order valence-electron chi connectivity index (χ3n) is 3.24. The molecule has 1 heterocycles. The standard InChI is InChI=1S/C14H18N2O3/c17-12(16-8-4-5-9-16)10-15-14(19)13(18)11-6-2-1-3-7-11/h1-3,6-7,13,18H,4-5,8-10H2,(H,15,19). The van der Waals surface area contributed by atoms with Gasteiger partial charge in [-0.05, 0) is 18.4 Å². The van der Waals surface area contributed by atoms with Crippen LogP contribution in [0.1, 0.15) is 24.5 Å². The second-order valence-electron chi connectivity index (χ2n) is 4.62. The molecule has 1 aliphatic heterocycles. The number of carbonyl (C=O) groups excluding carboxylic acids is 2. The van der Waals surface area contributed by atoms with Crippen molar-refractivity contribution in [2.75, 3.05) is 19.6 Å². The maximum Gasteiger partial charge on any atom is 0.253 e. The normalized spacial score (nSPS) is 16.2. The van der Waals surface area contributed by atoms with Gasteiger partial charge in [0, 0.05) is 13.1 Å². The molecule has 2 rings (SSSR count). The van der Waals surface area contributed by atoms with Crippen molar-refractivity contribution in [1.29, 1.82) is 0 Å². The minimum atomic E-state index is -1.23. The number of nitrogens with zero attached hydrogens (tertiary/aromatic N) is 1. The van der Waals surface area contributed by atoms with E-state index >= 15 is 0 Å². The van der Waals surface area contributed by atoms with Gasteiger partial charge in [-0.3, -0.25) is 9.59 Å². The van der Waals surface area contributed by atoms with E-state index in [0.717, 1.165) is 25.9 Å². The first kappa shape index (κ1) is 13.5. The molecular formula is C14H18N2O3. The SMILES string of the molecule is O=C(NCC(=O)N1CCCC1)C(O)c1ccccc1. The molecule has 102 valence electrons. The molecule has 19 heavy (non-hydrogen) atoms. The number of aliphatic hydroxyl groups is 1. The highest BCUT2D eigenvalue weighted by Gasteiger charge is 2.21. The van der Waals surface area contributed by atoms with Crippen LogP contribution in [0.15, 0.2) is 30.3 Å². The Morgan fingerprint density at radius 1 is 1.21 bits per heavy atom. The summed E-state index contributed by atoms with van der Waals surface area (Å²) in [5.41, 5.74) is 0.522. The van der Waals surface area contributed by atoms with Crippen LogP contribution in [0, 0.1) is 0 Å². The van der Waals surface area contributed by atoms with Crippen LogP contribution in [-0.4, -0.2) is 41.5 Å². The summed E-state index contributed by atoms with van der Waals surface area (Å²) in [6, 6.07) is 8.66. The number of amides is 2. The number of aliphatic hydroxyl groups excluding tert-OH is 1. The van der Waals surface area contributed by atoms with E-state index in [1.54, 1.807) is 29.2 Å². The zero-order chi connectivity index (χ0) is 13.7. The van der Waals surface area contributed by atoms with E-state index in [4.69, 9.17) is 0 Å². The predicted octanol–water partition coefficient (Wildman–Crippen LogP) is 0.459. The monoisotopic (exact) mass is 262 g/mol. The van der Waals surface area contributed by atoms with Gasteiger partial charge in [0.1, 0.15) is 0 Å². The largest absolute Gasteiger partial charge is 0.378 e. The van der Waals surface area contributed by atoms with Gasteiger partial charge in [-0.2, -0.15) is 0 Å². The molecule has 1 aromatic rings. The molecule has 2 amide bonds. The summed E-state index contributed by atoms with van der Waals surface area (Å²) < 4.78 is 0. The quantitative estimate of drug-likeness (QED) is 0.828. The van der Waals surface area contributed by atoms with Crippen LogP contribution in [0.4, 0.5) is 0 Å². The van der Waals surface area contributed by atoms with E-state index in [9.17, 15) is 14.7 Å². The van der Waals surface area contributed by atoms with Crippen molar-refractivity contribution >= 4 is 11.8 Å². The second kappa shape index (κ2) is 6.33. The first-order valence-electron chi connectivity index (χ1n) is 6.47. The Kier molecular flexibility index (Phi) is 4.52. The number of nitrogens with one attached hydrogen (secondary N) is 1. The van der Waals surface area contributed by atoms with E-state index in [2.05, 4.69) is 5.32 Å². The average molecular weight is 262 g/mol. The predicted molar refractivity (Wildman–Crippen MR) is 70.2 cm³/mol. The van der Waals surface area contributed by atoms with Gasteiger partial charge in [0.25, 0.3) is 5.91 Å². The molecular weight excluding hydrogens is 244 g/mol. The number of hydrogen-bond donors (Lipinski definition) is 2. The lowest BCUT2D eigenvalue weighted by Gasteiger charge is -2.16. The van der Waals surface area contributed by atoms with E-state index < -0.39 is 12.0 Å². The first-order valence-corrected chi connectivity index (χ1v) is 6.47. The molecule has 2 N–H and O–H groups in total. The maximum absolute atomic E-state index is 11.7. The second-order valence-corrected chi connectivity index (χ2v) is 4.62. The highest BCUT2D eigenvalue weighted by Crippen LogP contribution is 2.12. The smallest absolute Gasteiger partial charge is 0.253 e. The molecule has 5 heteroatoms. The van der Waals surface area contributed by atoms with Gasteiger partial charge in [-0.25, -0.2) is 0 Å². The fourth-order valence-corrected chi connectivity index (χ4v) is 2.12. The summed E-state index contributed by atoms with van der Waals surface area (Å²) >= 11 is 0. The third-order valence-corrected chi connectivity index (χ3v) is 3.24. The molecule has 5 nitrogen and oxygen atoms in total. The van der Waals surface area contributed by atoms with Crippen molar-refractivity contribution in [3.63, 3.8) is 0 Å². The summed E-state index contributed by atoms with van der Waals surface area (Å²) in [6.45, 7) is 1.47. The molecule has 1 saturated heterocycles. The summed E-state index contributed by atoms with van der Waals surface area (Å²) in [4.78, 5) is 25.2. The Hall–Kier alpha value is -1.88. The van der Waals surface area contributed by atoms with Crippen LogP contribution in [0.3, 0.4) is 0 Å². The van der Waals surface area contributed by atoms with Gasteiger partial charge < -0.3 is 15.3 Å². The minimum Gasteiger partial charge on any atom is -0.378 e. The molecule has 0 spiro atoms. The number of hydrogen-bond acceptors (Lipinski definition) is 3. The Morgan fingerprint density at radius 2 is 1.84 bits per heavy atom. The van der Waals surface area contributed by atoms with E-state index in [1.165, 1.54) is 0 Å². The Labute approximate surface area is 112 Å². The minimum absolute atomic E-state index is 0.0529. The van der Waals surface area contributed by atoms with Gasteiger partial charge in [-0.1, -0.05) is 30.3 Å². The molecule has 1 aromatic carbocycles. The van der Waals surface area contributed by atoms with Crippen LogP contribution < -0.4 is 5.32 Å². The Morgan fingerprint density at radius 3 is 2.47 bits per heavy atom. The maximum atomic E-state index is 11.7.